The van der Waals surface area contributed by atoms with Gasteiger partial charge < -0.3 is 14.7 Å². The van der Waals surface area contributed by atoms with Crippen molar-refractivity contribution in [1.82, 2.24) is 0 Å². The molecule has 0 saturated heterocycles. The summed E-state index contributed by atoms with van der Waals surface area (Å²) in [5.74, 6) is -0.442. The summed E-state index contributed by atoms with van der Waals surface area (Å²) in [6.45, 7) is 2.10. The SMILES string of the molecule is CCC(=O)C1=C(O)C(=O)N(c2ccc(OC)cc2)CC1. The van der Waals surface area contributed by atoms with Crippen molar-refractivity contribution >= 4 is 17.4 Å². The number of carbonyl (C=O) groups excluding carboxylic acids is 2. The predicted octanol–water partition coefficient (Wildman–Crippen LogP) is 2.22. The molecule has 1 amide bonds. The molecule has 0 radical (unpaired) electrons. The van der Waals surface area contributed by atoms with E-state index in [-0.39, 0.29) is 17.8 Å². The van der Waals surface area contributed by atoms with E-state index in [1.54, 1.807) is 38.3 Å². The Morgan fingerprint density at radius 2 is 2.00 bits per heavy atom. The molecule has 2 rings (SSSR count). The lowest BCUT2D eigenvalue weighted by molar-refractivity contribution is -0.120. The van der Waals surface area contributed by atoms with Crippen LogP contribution in [0.5, 0.6) is 5.75 Å². The minimum Gasteiger partial charge on any atom is -0.503 e. The fourth-order valence-corrected chi connectivity index (χ4v) is 2.19. The maximum atomic E-state index is 12.1. The maximum Gasteiger partial charge on any atom is 0.293 e. The number of amides is 1. The lowest BCUT2D eigenvalue weighted by Crippen LogP contribution is -2.38. The minimum atomic E-state index is -0.529. The standard InChI is InChI=1S/C15H17NO4/c1-3-13(17)12-8-9-16(15(19)14(12)18)10-4-6-11(20-2)7-5-10/h4-7,18H,3,8-9H2,1-2H3. The first-order chi connectivity index (χ1) is 9.58. The topological polar surface area (TPSA) is 66.8 Å². The van der Waals surface area contributed by atoms with Crippen molar-refractivity contribution in [3.8, 4) is 5.75 Å². The normalized spacial score (nSPS) is 15.5. The van der Waals surface area contributed by atoms with E-state index in [0.29, 0.717) is 24.4 Å². The Morgan fingerprint density at radius 3 is 2.55 bits per heavy atom. The van der Waals surface area contributed by atoms with Crippen molar-refractivity contribution in [1.29, 1.82) is 0 Å². The Kier molecular flexibility index (Phi) is 4.08. The van der Waals surface area contributed by atoms with Crippen LogP contribution >= 0.6 is 0 Å². The number of ketones is 1. The number of aliphatic hydroxyl groups is 1. The highest BCUT2D eigenvalue weighted by molar-refractivity contribution is 6.11. The van der Waals surface area contributed by atoms with Gasteiger partial charge in [-0.3, -0.25) is 9.59 Å². The highest BCUT2D eigenvalue weighted by atomic mass is 16.5. The summed E-state index contributed by atoms with van der Waals surface area (Å²) < 4.78 is 5.06. The number of anilines is 1. The van der Waals surface area contributed by atoms with Crippen molar-refractivity contribution in [2.75, 3.05) is 18.6 Å². The molecule has 0 fully saturated rings. The summed E-state index contributed by atoms with van der Waals surface area (Å²) in [7, 11) is 1.57. The van der Waals surface area contributed by atoms with Crippen LogP contribution < -0.4 is 9.64 Å². The molecule has 1 aliphatic rings. The van der Waals surface area contributed by atoms with Crippen LogP contribution in [0, 0.1) is 0 Å². The Labute approximate surface area is 117 Å². The van der Waals surface area contributed by atoms with Crippen LogP contribution in [0.4, 0.5) is 5.69 Å². The number of hydrogen-bond donors (Lipinski definition) is 1. The second-order valence-corrected chi connectivity index (χ2v) is 4.51. The van der Waals surface area contributed by atoms with Gasteiger partial charge in [-0.15, -0.1) is 0 Å². The van der Waals surface area contributed by atoms with Gasteiger partial charge in [0.15, 0.2) is 11.5 Å². The third kappa shape index (κ3) is 2.52. The van der Waals surface area contributed by atoms with Gasteiger partial charge >= 0.3 is 0 Å². The fourth-order valence-electron chi connectivity index (χ4n) is 2.19. The van der Waals surface area contributed by atoms with Crippen molar-refractivity contribution in [3.63, 3.8) is 0 Å². The molecule has 1 aliphatic heterocycles. The van der Waals surface area contributed by atoms with Gasteiger partial charge in [0.1, 0.15) is 5.75 Å². The third-order valence-corrected chi connectivity index (χ3v) is 3.36. The average Bonchev–Trinajstić information content (AvgIpc) is 2.49. The number of rotatable bonds is 4. The molecule has 5 heteroatoms. The average molecular weight is 275 g/mol. The Balaban J connectivity index is 2.26. The minimum absolute atomic E-state index is 0.176. The maximum absolute atomic E-state index is 12.1. The quantitative estimate of drug-likeness (QED) is 0.915. The summed E-state index contributed by atoms with van der Waals surface area (Å²) in [6, 6.07) is 6.99. The van der Waals surface area contributed by atoms with Crippen LogP contribution in [0.25, 0.3) is 0 Å². The molecule has 0 aromatic heterocycles. The zero-order chi connectivity index (χ0) is 14.7. The Morgan fingerprint density at radius 1 is 1.35 bits per heavy atom. The summed E-state index contributed by atoms with van der Waals surface area (Å²) >= 11 is 0. The Bertz CT molecular complexity index is 560. The molecule has 106 valence electrons. The van der Waals surface area contributed by atoms with Crippen molar-refractivity contribution in [2.45, 2.75) is 19.8 Å². The smallest absolute Gasteiger partial charge is 0.293 e. The summed E-state index contributed by atoms with van der Waals surface area (Å²) in [5.41, 5.74) is 0.910. The molecule has 0 unspecified atom stereocenters. The van der Waals surface area contributed by atoms with Gasteiger partial charge in [0.2, 0.25) is 0 Å². The number of methoxy groups -OCH3 is 1. The molecule has 1 aromatic rings. The van der Waals surface area contributed by atoms with Gasteiger partial charge in [-0.25, -0.2) is 0 Å². The van der Waals surface area contributed by atoms with E-state index in [2.05, 4.69) is 0 Å². The van der Waals surface area contributed by atoms with E-state index < -0.39 is 11.7 Å². The molecule has 1 aromatic carbocycles. The van der Waals surface area contributed by atoms with Gasteiger partial charge in [-0.2, -0.15) is 0 Å². The molecule has 0 bridgehead atoms. The molecule has 0 spiro atoms. The second-order valence-electron chi connectivity index (χ2n) is 4.51. The van der Waals surface area contributed by atoms with Crippen LogP contribution in [0.15, 0.2) is 35.6 Å². The van der Waals surface area contributed by atoms with Gasteiger partial charge in [0.25, 0.3) is 5.91 Å². The van der Waals surface area contributed by atoms with E-state index in [1.807, 2.05) is 0 Å². The zero-order valence-electron chi connectivity index (χ0n) is 11.5. The summed E-state index contributed by atoms with van der Waals surface area (Å²) in [4.78, 5) is 25.2. The summed E-state index contributed by atoms with van der Waals surface area (Å²) in [5, 5.41) is 9.91. The van der Waals surface area contributed by atoms with E-state index >= 15 is 0 Å². The van der Waals surface area contributed by atoms with Gasteiger partial charge in [-0.05, 0) is 30.7 Å². The second kappa shape index (κ2) is 5.77. The lowest BCUT2D eigenvalue weighted by Gasteiger charge is -2.27. The molecule has 1 heterocycles. The molecular formula is C15H17NO4. The number of Topliss-reactive ketones (excluding diaryl/α,β-unsaturated/α-hetero) is 1. The first-order valence-electron chi connectivity index (χ1n) is 6.49. The van der Waals surface area contributed by atoms with Crippen molar-refractivity contribution in [3.05, 3.63) is 35.6 Å². The van der Waals surface area contributed by atoms with E-state index in [1.165, 1.54) is 4.90 Å². The third-order valence-electron chi connectivity index (χ3n) is 3.36. The van der Waals surface area contributed by atoms with Gasteiger partial charge in [0, 0.05) is 24.2 Å². The van der Waals surface area contributed by atoms with E-state index in [0.717, 1.165) is 0 Å². The first kappa shape index (κ1) is 14.1. The van der Waals surface area contributed by atoms with Crippen LogP contribution in [0.3, 0.4) is 0 Å². The zero-order valence-corrected chi connectivity index (χ0v) is 11.5. The lowest BCUT2D eigenvalue weighted by atomic mass is 9.99. The van der Waals surface area contributed by atoms with Crippen LogP contribution in [0.2, 0.25) is 0 Å². The number of carbonyl (C=O) groups is 2. The number of hydrogen-bond acceptors (Lipinski definition) is 4. The van der Waals surface area contributed by atoms with Gasteiger partial charge in [0.05, 0.1) is 7.11 Å². The molecule has 0 aliphatic carbocycles. The first-order valence-corrected chi connectivity index (χ1v) is 6.49. The largest absolute Gasteiger partial charge is 0.503 e. The van der Waals surface area contributed by atoms with Gasteiger partial charge in [-0.1, -0.05) is 6.92 Å². The molecule has 5 nitrogen and oxygen atoms in total. The molecular weight excluding hydrogens is 258 g/mol. The number of ether oxygens (including phenoxy) is 1. The predicted molar refractivity (Wildman–Crippen MR) is 74.9 cm³/mol. The number of aliphatic hydroxyl groups excluding tert-OH is 1. The number of nitrogens with zero attached hydrogens (tertiary/aromatic N) is 1. The number of benzene rings is 1. The van der Waals surface area contributed by atoms with E-state index in [9.17, 15) is 14.7 Å². The molecule has 0 atom stereocenters. The van der Waals surface area contributed by atoms with Crippen molar-refractivity contribution in [2.24, 2.45) is 0 Å². The highest BCUT2D eigenvalue weighted by Gasteiger charge is 2.30. The highest BCUT2D eigenvalue weighted by Crippen LogP contribution is 2.26. The van der Waals surface area contributed by atoms with Crippen molar-refractivity contribution < 1.29 is 19.4 Å². The molecule has 1 N–H and O–H groups in total. The monoisotopic (exact) mass is 275 g/mol. The Hall–Kier alpha value is -2.30. The van der Waals surface area contributed by atoms with Crippen LogP contribution in [-0.2, 0) is 9.59 Å². The van der Waals surface area contributed by atoms with E-state index in [4.69, 9.17) is 4.74 Å². The molecule has 0 saturated carbocycles. The fraction of sp³-hybridized carbons (Fsp3) is 0.333. The van der Waals surface area contributed by atoms with Crippen LogP contribution in [-0.4, -0.2) is 30.5 Å². The summed E-state index contributed by atoms with van der Waals surface area (Å²) in [6.07, 6.45) is 0.658. The van der Waals surface area contributed by atoms with Crippen LogP contribution in [0.1, 0.15) is 19.8 Å². The molecule has 20 heavy (non-hydrogen) atoms.